The Morgan fingerprint density at radius 1 is 0.459 bits per heavy atom. The number of carbonyl (C=O) groups is 3. The van der Waals surface area contributed by atoms with Crippen molar-refractivity contribution in [2.75, 3.05) is 137 Å². The molecule has 3 fully saturated rings. The summed E-state index contributed by atoms with van der Waals surface area (Å²) < 4.78 is 5.51. The molecule has 0 radical (unpaired) electrons. The molecule has 0 bridgehead atoms. The van der Waals surface area contributed by atoms with Crippen LogP contribution in [0.5, 0.6) is 5.75 Å². The van der Waals surface area contributed by atoms with Gasteiger partial charge >= 0.3 is 0 Å². The first-order valence-corrected chi connectivity index (χ1v) is 32.8. The summed E-state index contributed by atoms with van der Waals surface area (Å²) in [5, 5.41) is 9.97. The molecular formula is C78H84N16O4. The fourth-order valence-corrected chi connectivity index (χ4v) is 11.5. The van der Waals surface area contributed by atoms with Gasteiger partial charge in [0.1, 0.15) is 5.69 Å². The minimum atomic E-state index is -0.0529. The van der Waals surface area contributed by atoms with Gasteiger partial charge in [-0.2, -0.15) is 0 Å². The van der Waals surface area contributed by atoms with E-state index in [1.54, 1.807) is 13.3 Å². The van der Waals surface area contributed by atoms with Crippen LogP contribution in [0, 0.1) is 13.5 Å². The Bertz CT molecular complexity index is 4340. The van der Waals surface area contributed by atoms with Crippen LogP contribution >= 0.6 is 0 Å². The summed E-state index contributed by atoms with van der Waals surface area (Å²) in [6, 6.07) is 48.1. The zero-order valence-corrected chi connectivity index (χ0v) is 56.5. The highest BCUT2D eigenvalue weighted by molar-refractivity contribution is 5.92. The van der Waals surface area contributed by atoms with E-state index in [9.17, 15) is 14.4 Å². The first-order valence-electron chi connectivity index (χ1n) is 32.8. The second kappa shape index (κ2) is 33.9. The van der Waals surface area contributed by atoms with E-state index in [-0.39, 0.29) is 23.8 Å². The molecule has 3 saturated heterocycles. The van der Waals surface area contributed by atoms with Crippen LogP contribution in [0.4, 0.5) is 57.7 Å². The van der Waals surface area contributed by atoms with Crippen LogP contribution in [0.2, 0.25) is 0 Å². The summed E-state index contributed by atoms with van der Waals surface area (Å²) >= 11 is 0. The van der Waals surface area contributed by atoms with Crippen LogP contribution in [-0.4, -0.2) is 169 Å². The number of hydrogen-bond donors (Lipinski definition) is 3. The number of anilines is 9. The monoisotopic (exact) mass is 1310 g/mol. The molecule has 0 unspecified atom stereocenters. The Kier molecular flexibility index (Phi) is 24.1. The van der Waals surface area contributed by atoms with Gasteiger partial charge in [0.15, 0.2) is 23.1 Å². The highest BCUT2D eigenvalue weighted by Gasteiger charge is 2.20. The van der Waals surface area contributed by atoms with Gasteiger partial charge in [0.2, 0.25) is 23.5 Å². The molecule has 6 heterocycles. The summed E-state index contributed by atoms with van der Waals surface area (Å²) in [7, 11) is 8.06. The van der Waals surface area contributed by atoms with Crippen LogP contribution in [0.25, 0.3) is 38.6 Å². The van der Waals surface area contributed by atoms with Crippen LogP contribution in [-0.2, 0) is 33.6 Å². The van der Waals surface area contributed by atoms with Gasteiger partial charge in [-0.15, -0.1) is 0 Å². The number of allylic oxidation sites excluding steroid dienone is 3. The lowest BCUT2D eigenvalue weighted by Gasteiger charge is -2.34. The number of piperazine rings is 3. The molecule has 500 valence electrons. The van der Waals surface area contributed by atoms with Crippen LogP contribution in [0.15, 0.2) is 202 Å². The van der Waals surface area contributed by atoms with Crippen molar-refractivity contribution in [2.45, 2.75) is 26.2 Å². The van der Waals surface area contributed by atoms with Crippen molar-refractivity contribution in [1.82, 2.24) is 44.6 Å². The second-order valence-electron chi connectivity index (χ2n) is 24.4. The topological polar surface area (TPSA) is 198 Å². The number of hydrogen-bond acceptors (Lipinski definition) is 19. The molecular weight excluding hydrogens is 1220 g/mol. The summed E-state index contributed by atoms with van der Waals surface area (Å²) in [4.78, 5) is 80.5. The van der Waals surface area contributed by atoms with Gasteiger partial charge in [0, 0.05) is 155 Å². The number of rotatable bonds is 22. The lowest BCUT2D eigenvalue weighted by atomic mass is 10.0. The first kappa shape index (κ1) is 69.6. The van der Waals surface area contributed by atoms with E-state index in [0.29, 0.717) is 53.5 Å². The normalized spacial score (nSPS) is 14.1. The van der Waals surface area contributed by atoms with Crippen molar-refractivity contribution in [1.29, 1.82) is 0 Å². The standard InChI is InChI=1S/C26H26N6O.C26H29N5O2.C26H29N5O/c1-4-23(33)16-19-7-5-8-20(15-19)25-24(27-2)18-28-26(30-25)29-21-9-6-10-22(17-21)32-13-11-31(3)12-14-32;1-4-23(32)16-19-7-5-8-20(15-19)25-24(33-3)18-27-26(29-25)28-21-9-6-10-22(17-21)31-13-11-30(2)12-14-31;1-4-24(32)16-20-7-5-8-21(15-20)25-19(2)18-27-26(29-25)28-22-9-6-10-23(17-22)31-13-11-30(3)12-14-31/h4-10,15,17-18H,1,11-14,16H2,3H3,(H,28,29,30);4-10,15,17-18H,1,11-14,16H2,2-3H3,(H,27,28,29);4-10,15,17-18H,1,11-14,16H2,2-3H3,(H,27,28,29). The van der Waals surface area contributed by atoms with Crippen molar-refractivity contribution in [3.05, 3.63) is 236 Å². The predicted molar refractivity (Wildman–Crippen MR) is 395 cm³/mol. The van der Waals surface area contributed by atoms with Gasteiger partial charge in [-0.3, -0.25) is 14.4 Å². The number of benzene rings is 6. The minimum absolute atomic E-state index is 0.00384. The Hall–Kier alpha value is -11.2. The number of aryl methyl sites for hydroxylation is 1. The number of nitrogens with zero attached hydrogens (tertiary/aromatic N) is 13. The molecule has 20 heteroatoms. The molecule has 3 aromatic heterocycles. The summed E-state index contributed by atoms with van der Waals surface area (Å²) in [6.45, 7) is 32.5. The molecule has 0 spiro atoms. The van der Waals surface area contributed by atoms with E-state index in [4.69, 9.17) is 21.3 Å². The molecule has 0 saturated carbocycles. The molecule has 12 rings (SSSR count). The molecule has 0 atom stereocenters. The summed E-state index contributed by atoms with van der Waals surface area (Å²) in [6.07, 6.45) is 9.95. The summed E-state index contributed by atoms with van der Waals surface area (Å²) in [5.41, 5.74) is 15.0. The Morgan fingerprint density at radius 2 is 0.796 bits per heavy atom. The molecule has 0 aliphatic carbocycles. The number of aromatic nitrogens is 6. The Labute approximate surface area is 574 Å². The first-order chi connectivity index (χ1) is 47.6. The molecule has 3 N–H and O–H groups in total. The summed E-state index contributed by atoms with van der Waals surface area (Å²) in [5.74, 6) is 1.94. The van der Waals surface area contributed by atoms with E-state index in [2.05, 4.69) is 153 Å². The SMILES string of the molecule is C=CC(=O)Cc1cccc(-c2nc(Nc3cccc(N4CCN(C)CC4)c3)ncc2C)c1.C=CC(=O)Cc1cccc(-c2nc(Nc3cccc(N4CCN(C)CC4)c3)ncc2OC)c1.[C-]#[N+]c1cnc(Nc2cccc(N3CCN(C)CC3)c2)nc1-c1cccc(CC(=O)C=C)c1. The van der Waals surface area contributed by atoms with Crippen LogP contribution < -0.4 is 35.4 Å². The fraction of sp³-hybridized carbons (Fsp3) is 0.256. The number of ketones is 3. The maximum Gasteiger partial charge on any atom is 0.230 e. The molecule has 3 aliphatic heterocycles. The third kappa shape index (κ3) is 19.2. The van der Waals surface area contributed by atoms with Gasteiger partial charge in [-0.05, 0) is 141 Å². The van der Waals surface area contributed by atoms with Gasteiger partial charge in [0.25, 0.3) is 0 Å². The Morgan fingerprint density at radius 3 is 1.17 bits per heavy atom. The average molecular weight is 1310 g/mol. The fourth-order valence-electron chi connectivity index (χ4n) is 11.5. The van der Waals surface area contributed by atoms with E-state index < -0.39 is 0 Å². The third-order valence-corrected chi connectivity index (χ3v) is 17.2. The molecule has 98 heavy (non-hydrogen) atoms. The highest BCUT2D eigenvalue weighted by Crippen LogP contribution is 2.34. The van der Waals surface area contributed by atoms with E-state index in [0.717, 1.165) is 146 Å². The van der Waals surface area contributed by atoms with E-state index in [1.807, 2.05) is 116 Å². The van der Waals surface area contributed by atoms with Gasteiger partial charge < -0.3 is 50.1 Å². The van der Waals surface area contributed by atoms with E-state index in [1.165, 1.54) is 35.8 Å². The van der Waals surface area contributed by atoms with Crippen LogP contribution in [0.1, 0.15) is 22.3 Å². The lowest BCUT2D eigenvalue weighted by molar-refractivity contribution is -0.114. The minimum Gasteiger partial charge on any atom is -0.493 e. The number of methoxy groups -OCH3 is 1. The third-order valence-electron chi connectivity index (χ3n) is 17.2. The van der Waals surface area contributed by atoms with E-state index >= 15 is 0 Å². The molecule has 6 aromatic carbocycles. The van der Waals surface area contributed by atoms with Crippen molar-refractivity contribution in [3.8, 4) is 39.5 Å². The smallest absolute Gasteiger partial charge is 0.230 e. The maximum atomic E-state index is 11.8. The van der Waals surface area contributed by atoms with Crippen LogP contribution in [0.3, 0.4) is 0 Å². The zero-order chi connectivity index (χ0) is 68.9. The molecule has 3 aliphatic rings. The average Bonchev–Trinajstić information content (AvgIpc) is 0.842. The lowest BCUT2D eigenvalue weighted by Crippen LogP contribution is -2.44. The number of likely N-dealkylation sites (N-methyl/N-ethyl adjacent to an activating group) is 3. The van der Waals surface area contributed by atoms with Crippen molar-refractivity contribution < 1.29 is 19.1 Å². The zero-order valence-electron chi connectivity index (χ0n) is 56.5. The quantitative estimate of drug-likeness (QED) is 0.0427. The maximum absolute atomic E-state index is 11.8. The number of carbonyl (C=O) groups excluding carboxylic acids is 3. The largest absolute Gasteiger partial charge is 0.493 e. The van der Waals surface area contributed by atoms with Gasteiger partial charge in [-0.1, -0.05) is 98.6 Å². The van der Waals surface area contributed by atoms with Gasteiger partial charge in [0.05, 0.1) is 31.3 Å². The number of nitrogens with one attached hydrogen (secondary N) is 3. The molecule has 20 nitrogen and oxygen atoms in total. The highest BCUT2D eigenvalue weighted by atomic mass is 16.5. The molecule has 9 aromatic rings. The second-order valence-corrected chi connectivity index (χ2v) is 24.4. The Balaban J connectivity index is 0.000000159. The van der Waals surface area contributed by atoms with Crippen molar-refractivity contribution in [3.63, 3.8) is 0 Å². The molecule has 0 amide bonds. The van der Waals surface area contributed by atoms with Crippen molar-refractivity contribution in [2.24, 2.45) is 0 Å². The van der Waals surface area contributed by atoms with Crippen molar-refractivity contribution >= 4 is 75.0 Å². The predicted octanol–water partition coefficient (Wildman–Crippen LogP) is 12.7. The van der Waals surface area contributed by atoms with Gasteiger partial charge in [-0.25, -0.2) is 34.7 Å². The number of ether oxygens (including phenoxy) is 1.